The molecule has 1 atom stereocenters. The van der Waals surface area contributed by atoms with E-state index in [4.69, 9.17) is 4.74 Å². The molecule has 25 heavy (non-hydrogen) atoms. The van der Waals surface area contributed by atoms with Crippen LogP contribution in [-0.4, -0.2) is 43.7 Å². The first-order valence-corrected chi connectivity index (χ1v) is 8.56. The van der Waals surface area contributed by atoms with Crippen LogP contribution >= 0.6 is 0 Å². The zero-order chi connectivity index (χ0) is 17.6. The van der Waals surface area contributed by atoms with Gasteiger partial charge < -0.3 is 10.1 Å². The zero-order valence-corrected chi connectivity index (χ0v) is 14.4. The van der Waals surface area contributed by atoms with E-state index in [0.717, 1.165) is 24.2 Å². The predicted molar refractivity (Wildman–Crippen MR) is 95.0 cm³/mol. The molecule has 1 aliphatic heterocycles. The Kier molecular flexibility index (Phi) is 5.79. The van der Waals surface area contributed by atoms with E-state index in [0.29, 0.717) is 25.3 Å². The highest BCUT2D eigenvalue weighted by atomic mass is 19.1. The van der Waals surface area contributed by atoms with E-state index in [-0.39, 0.29) is 17.8 Å². The van der Waals surface area contributed by atoms with E-state index in [9.17, 15) is 9.18 Å². The smallest absolute Gasteiger partial charge is 0.251 e. The molecular formula is C20H23FN2O2. The number of carbonyl (C=O) groups excluding carboxylic acids is 1. The first kappa shape index (κ1) is 17.6. The number of rotatable bonds is 5. The Morgan fingerprint density at radius 1 is 1.16 bits per heavy atom. The lowest BCUT2D eigenvalue weighted by Crippen LogP contribution is -2.43. The second-order valence-corrected chi connectivity index (χ2v) is 6.24. The maximum absolute atomic E-state index is 13.3. The Balaban J connectivity index is 1.74. The lowest BCUT2D eigenvalue weighted by molar-refractivity contribution is 0.0162. The summed E-state index contributed by atoms with van der Waals surface area (Å²) in [5.41, 5.74) is 2.63. The van der Waals surface area contributed by atoms with Gasteiger partial charge in [-0.1, -0.05) is 30.3 Å². The minimum Gasteiger partial charge on any atom is -0.379 e. The number of hydrogen-bond donors (Lipinski definition) is 1. The molecule has 0 unspecified atom stereocenters. The Morgan fingerprint density at radius 3 is 2.52 bits per heavy atom. The van der Waals surface area contributed by atoms with Crippen molar-refractivity contribution in [2.75, 3.05) is 32.8 Å². The summed E-state index contributed by atoms with van der Waals surface area (Å²) in [7, 11) is 0. The fourth-order valence-corrected chi connectivity index (χ4v) is 3.14. The van der Waals surface area contributed by atoms with Gasteiger partial charge in [-0.25, -0.2) is 4.39 Å². The number of nitrogens with one attached hydrogen (secondary N) is 1. The van der Waals surface area contributed by atoms with E-state index in [2.05, 4.69) is 10.2 Å². The van der Waals surface area contributed by atoms with Crippen LogP contribution in [-0.2, 0) is 4.74 Å². The molecule has 0 bridgehead atoms. The Bertz CT molecular complexity index is 712. The molecule has 2 aromatic carbocycles. The van der Waals surface area contributed by atoms with E-state index < -0.39 is 0 Å². The van der Waals surface area contributed by atoms with Gasteiger partial charge >= 0.3 is 0 Å². The summed E-state index contributed by atoms with van der Waals surface area (Å²) in [6.07, 6.45) is 0. The minimum atomic E-state index is -0.256. The number of carbonyl (C=O) groups is 1. The minimum absolute atomic E-state index is 0.00234. The Hall–Kier alpha value is -2.24. The number of amides is 1. The second-order valence-electron chi connectivity index (χ2n) is 6.24. The molecule has 1 fully saturated rings. The van der Waals surface area contributed by atoms with E-state index in [1.807, 2.05) is 31.2 Å². The molecule has 1 N–H and O–H groups in total. The molecule has 1 heterocycles. The largest absolute Gasteiger partial charge is 0.379 e. The van der Waals surface area contributed by atoms with Crippen LogP contribution in [0.3, 0.4) is 0 Å². The van der Waals surface area contributed by atoms with Crippen molar-refractivity contribution in [2.45, 2.75) is 13.0 Å². The normalized spacial score (nSPS) is 16.4. The topological polar surface area (TPSA) is 41.6 Å². The average molecular weight is 342 g/mol. The summed E-state index contributed by atoms with van der Waals surface area (Å²) in [5, 5.41) is 3.04. The van der Waals surface area contributed by atoms with Gasteiger partial charge in [0, 0.05) is 25.2 Å². The van der Waals surface area contributed by atoms with Crippen LogP contribution in [0.25, 0.3) is 0 Å². The predicted octanol–water partition coefficient (Wildman–Crippen LogP) is 2.94. The van der Waals surface area contributed by atoms with Gasteiger partial charge in [0.1, 0.15) is 5.82 Å². The van der Waals surface area contributed by atoms with Gasteiger partial charge in [0.2, 0.25) is 0 Å². The SMILES string of the molecule is Cc1ccccc1C(=O)NC[C@@H](c1ccc(F)cc1)N1CCOCC1. The number of halogens is 1. The summed E-state index contributed by atoms with van der Waals surface area (Å²) in [6, 6.07) is 14.0. The van der Waals surface area contributed by atoms with Crippen LogP contribution in [0, 0.1) is 12.7 Å². The molecule has 0 radical (unpaired) electrons. The summed E-state index contributed by atoms with van der Waals surface area (Å²) < 4.78 is 18.7. The molecule has 1 amide bonds. The zero-order valence-electron chi connectivity index (χ0n) is 14.4. The van der Waals surface area contributed by atoms with E-state index in [1.165, 1.54) is 12.1 Å². The maximum atomic E-state index is 13.3. The standard InChI is InChI=1S/C20H23FN2O2/c1-15-4-2-3-5-18(15)20(24)22-14-19(23-10-12-25-13-11-23)16-6-8-17(21)9-7-16/h2-9,19H,10-14H2,1H3,(H,22,24)/t19-/m0/s1. The maximum Gasteiger partial charge on any atom is 0.251 e. The van der Waals surface area contributed by atoms with Crippen molar-refractivity contribution in [1.29, 1.82) is 0 Å². The molecule has 4 nitrogen and oxygen atoms in total. The van der Waals surface area contributed by atoms with Gasteiger partial charge in [0.15, 0.2) is 0 Å². The van der Waals surface area contributed by atoms with Crippen molar-refractivity contribution in [1.82, 2.24) is 10.2 Å². The molecule has 3 rings (SSSR count). The Morgan fingerprint density at radius 2 is 1.84 bits per heavy atom. The summed E-state index contributed by atoms with van der Waals surface area (Å²) >= 11 is 0. The fraction of sp³-hybridized carbons (Fsp3) is 0.350. The van der Waals surface area contributed by atoms with Crippen molar-refractivity contribution in [3.63, 3.8) is 0 Å². The van der Waals surface area contributed by atoms with Gasteiger partial charge in [0.25, 0.3) is 5.91 Å². The first-order chi connectivity index (χ1) is 12.1. The van der Waals surface area contributed by atoms with Gasteiger partial charge in [-0.05, 0) is 36.2 Å². The van der Waals surface area contributed by atoms with Gasteiger partial charge in [0.05, 0.1) is 19.3 Å². The van der Waals surface area contributed by atoms with E-state index >= 15 is 0 Å². The van der Waals surface area contributed by atoms with Crippen LogP contribution < -0.4 is 5.32 Å². The van der Waals surface area contributed by atoms with Crippen molar-refractivity contribution >= 4 is 5.91 Å². The molecule has 1 saturated heterocycles. The molecule has 132 valence electrons. The van der Waals surface area contributed by atoms with Crippen LogP contribution in [0.1, 0.15) is 27.5 Å². The van der Waals surface area contributed by atoms with Crippen molar-refractivity contribution in [3.05, 3.63) is 71.0 Å². The molecular weight excluding hydrogens is 319 g/mol. The van der Waals surface area contributed by atoms with Crippen molar-refractivity contribution < 1.29 is 13.9 Å². The third kappa shape index (κ3) is 4.44. The third-order valence-corrected chi connectivity index (χ3v) is 4.59. The first-order valence-electron chi connectivity index (χ1n) is 8.56. The van der Waals surface area contributed by atoms with Crippen LogP contribution in [0.2, 0.25) is 0 Å². The molecule has 1 aliphatic rings. The van der Waals surface area contributed by atoms with Gasteiger partial charge in [-0.15, -0.1) is 0 Å². The number of nitrogens with zero attached hydrogens (tertiary/aromatic N) is 1. The lowest BCUT2D eigenvalue weighted by atomic mass is 10.0. The fourth-order valence-electron chi connectivity index (χ4n) is 3.14. The number of hydrogen-bond acceptors (Lipinski definition) is 3. The highest BCUT2D eigenvalue weighted by Crippen LogP contribution is 2.22. The summed E-state index contributed by atoms with van der Waals surface area (Å²) in [6.45, 7) is 5.32. The molecule has 0 aliphatic carbocycles. The van der Waals surface area contributed by atoms with Gasteiger partial charge in [-0.2, -0.15) is 0 Å². The highest BCUT2D eigenvalue weighted by Gasteiger charge is 2.23. The highest BCUT2D eigenvalue weighted by molar-refractivity contribution is 5.95. The lowest BCUT2D eigenvalue weighted by Gasteiger charge is -2.35. The molecule has 2 aromatic rings. The van der Waals surface area contributed by atoms with Crippen LogP contribution in [0.15, 0.2) is 48.5 Å². The second kappa shape index (κ2) is 8.23. The molecule has 0 aromatic heterocycles. The monoisotopic (exact) mass is 342 g/mol. The number of morpholine rings is 1. The third-order valence-electron chi connectivity index (χ3n) is 4.59. The van der Waals surface area contributed by atoms with Crippen LogP contribution in [0.5, 0.6) is 0 Å². The summed E-state index contributed by atoms with van der Waals surface area (Å²) in [4.78, 5) is 14.8. The van der Waals surface area contributed by atoms with Crippen LogP contribution in [0.4, 0.5) is 4.39 Å². The van der Waals surface area contributed by atoms with E-state index in [1.54, 1.807) is 12.1 Å². The number of aryl methyl sites for hydroxylation is 1. The van der Waals surface area contributed by atoms with Crippen molar-refractivity contribution in [3.8, 4) is 0 Å². The Labute approximate surface area is 147 Å². The quantitative estimate of drug-likeness (QED) is 0.908. The average Bonchev–Trinajstić information content (AvgIpc) is 2.64. The molecule has 0 spiro atoms. The molecule has 5 heteroatoms. The number of ether oxygens (including phenoxy) is 1. The summed E-state index contributed by atoms with van der Waals surface area (Å²) in [5.74, 6) is -0.341. The van der Waals surface area contributed by atoms with Gasteiger partial charge in [-0.3, -0.25) is 9.69 Å². The molecule has 0 saturated carbocycles. The number of benzene rings is 2. The van der Waals surface area contributed by atoms with Crippen molar-refractivity contribution in [2.24, 2.45) is 0 Å².